The van der Waals surface area contributed by atoms with Crippen LogP contribution in [-0.4, -0.2) is 34.6 Å². The molecular formula is C18H21N3O5. The van der Waals surface area contributed by atoms with Crippen LogP contribution in [0, 0.1) is 13.8 Å². The molecule has 1 aliphatic rings. The number of amides is 1. The fourth-order valence-electron chi connectivity index (χ4n) is 2.73. The zero-order valence-corrected chi connectivity index (χ0v) is 15.2. The lowest BCUT2D eigenvalue weighted by Crippen LogP contribution is -2.35. The van der Waals surface area contributed by atoms with Gasteiger partial charge in [0.15, 0.2) is 17.6 Å². The molecule has 1 aromatic carbocycles. The number of esters is 1. The van der Waals surface area contributed by atoms with Gasteiger partial charge in [-0.3, -0.25) is 9.48 Å². The lowest BCUT2D eigenvalue weighted by atomic mass is 10.2. The molecule has 1 N–H and O–H groups in total. The molecule has 0 bridgehead atoms. The van der Waals surface area contributed by atoms with E-state index in [0.29, 0.717) is 35.0 Å². The van der Waals surface area contributed by atoms with Gasteiger partial charge in [-0.25, -0.2) is 4.79 Å². The summed E-state index contributed by atoms with van der Waals surface area (Å²) in [5.41, 5.74) is 2.52. The third kappa shape index (κ3) is 3.49. The van der Waals surface area contributed by atoms with Crippen molar-refractivity contribution in [3.05, 3.63) is 40.7 Å². The normalized spacial score (nSPS) is 13.4. The minimum Gasteiger partial charge on any atom is -0.454 e. The van der Waals surface area contributed by atoms with Crippen LogP contribution in [0.1, 0.15) is 34.2 Å². The second-order valence-corrected chi connectivity index (χ2v) is 6.12. The molecular weight excluding hydrogens is 338 g/mol. The number of rotatable bonds is 5. The monoisotopic (exact) mass is 359 g/mol. The van der Waals surface area contributed by atoms with Gasteiger partial charge in [0.1, 0.15) is 5.56 Å². The molecule has 26 heavy (non-hydrogen) atoms. The van der Waals surface area contributed by atoms with Crippen molar-refractivity contribution in [2.45, 2.75) is 33.4 Å². The molecule has 3 rings (SSSR count). The topological polar surface area (TPSA) is 91.7 Å². The minimum atomic E-state index is -0.921. The zero-order chi connectivity index (χ0) is 18.8. The number of aromatic nitrogens is 2. The lowest BCUT2D eigenvalue weighted by Gasteiger charge is -2.14. The summed E-state index contributed by atoms with van der Waals surface area (Å²) in [6, 6.07) is 5.44. The maximum Gasteiger partial charge on any atom is 0.342 e. The number of nitrogens with zero attached hydrogens (tertiary/aromatic N) is 2. The quantitative estimate of drug-likeness (QED) is 0.816. The molecule has 1 aromatic heterocycles. The Bertz CT molecular complexity index is 859. The number of benzene rings is 1. The Morgan fingerprint density at radius 2 is 2.04 bits per heavy atom. The fourth-order valence-corrected chi connectivity index (χ4v) is 2.73. The number of carbonyl (C=O) groups excluding carboxylic acids is 2. The average molecular weight is 359 g/mol. The zero-order valence-electron chi connectivity index (χ0n) is 15.2. The van der Waals surface area contributed by atoms with Crippen LogP contribution in [0.15, 0.2) is 18.2 Å². The van der Waals surface area contributed by atoms with Crippen molar-refractivity contribution in [3.63, 3.8) is 0 Å². The maximum atomic E-state index is 12.3. The summed E-state index contributed by atoms with van der Waals surface area (Å²) in [6.45, 7) is 5.54. The molecule has 138 valence electrons. The lowest BCUT2D eigenvalue weighted by molar-refractivity contribution is -0.129. The van der Waals surface area contributed by atoms with E-state index in [4.69, 9.17) is 14.2 Å². The molecule has 0 unspecified atom stereocenters. The SMILES string of the molecule is Cc1nn(C)c(C)c1C(=O)O[C@@H](C)C(=O)NCc1ccc2c(c1)OCO2. The summed E-state index contributed by atoms with van der Waals surface area (Å²) >= 11 is 0. The number of carbonyl (C=O) groups is 2. The van der Waals surface area contributed by atoms with E-state index in [2.05, 4.69) is 10.4 Å². The van der Waals surface area contributed by atoms with E-state index in [9.17, 15) is 9.59 Å². The molecule has 2 heterocycles. The van der Waals surface area contributed by atoms with E-state index >= 15 is 0 Å². The third-order valence-electron chi connectivity index (χ3n) is 4.27. The maximum absolute atomic E-state index is 12.3. The van der Waals surface area contributed by atoms with Crippen LogP contribution in [0.5, 0.6) is 11.5 Å². The van der Waals surface area contributed by atoms with Gasteiger partial charge in [-0.2, -0.15) is 5.10 Å². The highest BCUT2D eigenvalue weighted by Gasteiger charge is 2.24. The van der Waals surface area contributed by atoms with Crippen LogP contribution in [0.3, 0.4) is 0 Å². The van der Waals surface area contributed by atoms with E-state index in [0.717, 1.165) is 5.56 Å². The Morgan fingerprint density at radius 1 is 1.31 bits per heavy atom. The minimum absolute atomic E-state index is 0.200. The van der Waals surface area contributed by atoms with Crippen LogP contribution < -0.4 is 14.8 Å². The smallest absolute Gasteiger partial charge is 0.342 e. The van der Waals surface area contributed by atoms with Crippen molar-refractivity contribution >= 4 is 11.9 Å². The number of ether oxygens (including phenoxy) is 3. The van der Waals surface area contributed by atoms with E-state index in [1.807, 2.05) is 12.1 Å². The Balaban J connectivity index is 1.57. The molecule has 8 heteroatoms. The number of hydrogen-bond donors (Lipinski definition) is 1. The van der Waals surface area contributed by atoms with E-state index in [1.165, 1.54) is 6.92 Å². The summed E-state index contributed by atoms with van der Waals surface area (Å²) in [7, 11) is 1.75. The van der Waals surface area contributed by atoms with Gasteiger partial charge >= 0.3 is 5.97 Å². The summed E-state index contributed by atoms with van der Waals surface area (Å²) in [6.07, 6.45) is -0.921. The number of fused-ring (bicyclic) bond motifs is 1. The van der Waals surface area contributed by atoms with Gasteiger partial charge in [0, 0.05) is 19.3 Å². The summed E-state index contributed by atoms with van der Waals surface area (Å²) in [5, 5.41) is 6.93. The van der Waals surface area contributed by atoms with Gasteiger partial charge < -0.3 is 19.5 Å². The molecule has 8 nitrogen and oxygen atoms in total. The van der Waals surface area contributed by atoms with Gasteiger partial charge in [0.2, 0.25) is 6.79 Å². The molecule has 0 radical (unpaired) electrons. The highest BCUT2D eigenvalue weighted by atomic mass is 16.7. The number of hydrogen-bond acceptors (Lipinski definition) is 6. The summed E-state index contributed by atoms with van der Waals surface area (Å²) in [4.78, 5) is 24.6. The fraction of sp³-hybridized carbons (Fsp3) is 0.389. The molecule has 1 amide bonds. The Labute approximate surface area is 151 Å². The van der Waals surface area contributed by atoms with Crippen molar-refractivity contribution in [2.24, 2.45) is 7.05 Å². The molecule has 0 aliphatic carbocycles. The molecule has 2 aromatic rings. The number of nitrogens with one attached hydrogen (secondary N) is 1. The van der Waals surface area contributed by atoms with E-state index in [-0.39, 0.29) is 12.7 Å². The van der Waals surface area contributed by atoms with Gasteiger partial charge in [-0.1, -0.05) is 6.07 Å². The average Bonchev–Trinajstić information content (AvgIpc) is 3.16. The molecule has 0 spiro atoms. The summed E-state index contributed by atoms with van der Waals surface area (Å²) < 4.78 is 17.5. The first-order valence-corrected chi connectivity index (χ1v) is 8.24. The van der Waals surface area contributed by atoms with Gasteiger partial charge in [-0.15, -0.1) is 0 Å². The van der Waals surface area contributed by atoms with Crippen LogP contribution in [0.25, 0.3) is 0 Å². The van der Waals surface area contributed by atoms with E-state index in [1.54, 1.807) is 31.6 Å². The van der Waals surface area contributed by atoms with Gasteiger partial charge in [0.05, 0.1) is 5.69 Å². The first kappa shape index (κ1) is 17.8. The van der Waals surface area contributed by atoms with Gasteiger partial charge in [0.25, 0.3) is 5.91 Å². The number of aryl methyl sites for hydroxylation is 2. The third-order valence-corrected chi connectivity index (χ3v) is 4.27. The van der Waals surface area contributed by atoms with Crippen LogP contribution in [0.2, 0.25) is 0 Å². The standard InChI is InChI=1S/C18H21N3O5/c1-10-16(11(2)21(4)20-10)18(23)26-12(3)17(22)19-8-13-5-6-14-15(7-13)25-9-24-14/h5-7,12H,8-9H2,1-4H3,(H,19,22)/t12-/m0/s1. The molecule has 0 fully saturated rings. The first-order chi connectivity index (χ1) is 12.4. The highest BCUT2D eigenvalue weighted by molar-refractivity contribution is 5.94. The second-order valence-electron chi connectivity index (χ2n) is 6.12. The Kier molecular flexibility index (Phi) is 4.83. The Hall–Kier alpha value is -3.03. The first-order valence-electron chi connectivity index (χ1n) is 8.24. The van der Waals surface area contributed by atoms with Crippen molar-refractivity contribution in [2.75, 3.05) is 6.79 Å². The second kappa shape index (κ2) is 7.07. The molecule has 0 saturated carbocycles. The molecule has 1 atom stereocenters. The molecule has 1 aliphatic heterocycles. The van der Waals surface area contributed by atoms with Crippen LogP contribution in [0.4, 0.5) is 0 Å². The Morgan fingerprint density at radius 3 is 2.73 bits per heavy atom. The van der Waals surface area contributed by atoms with Crippen molar-refractivity contribution in [1.82, 2.24) is 15.1 Å². The van der Waals surface area contributed by atoms with Crippen LogP contribution >= 0.6 is 0 Å². The van der Waals surface area contributed by atoms with Crippen LogP contribution in [-0.2, 0) is 23.1 Å². The summed E-state index contributed by atoms with van der Waals surface area (Å²) in [5.74, 6) is 0.400. The largest absolute Gasteiger partial charge is 0.454 e. The highest BCUT2D eigenvalue weighted by Crippen LogP contribution is 2.32. The van der Waals surface area contributed by atoms with Crippen molar-refractivity contribution < 1.29 is 23.8 Å². The van der Waals surface area contributed by atoms with E-state index < -0.39 is 12.1 Å². The van der Waals surface area contributed by atoms with Crippen molar-refractivity contribution in [1.29, 1.82) is 0 Å². The van der Waals surface area contributed by atoms with Gasteiger partial charge in [-0.05, 0) is 38.5 Å². The predicted octanol–water partition coefficient (Wildman–Crippen LogP) is 1.63. The van der Waals surface area contributed by atoms with Crippen molar-refractivity contribution in [3.8, 4) is 11.5 Å². The predicted molar refractivity (Wildman–Crippen MR) is 92.0 cm³/mol. The molecule has 0 saturated heterocycles.